The third-order valence-electron chi connectivity index (χ3n) is 3.88. The molecule has 3 nitrogen and oxygen atoms in total. The first kappa shape index (κ1) is 22.4. The van der Waals surface area contributed by atoms with Crippen molar-refractivity contribution in [2.45, 2.75) is 110 Å². The molecule has 0 radical (unpaired) electrons. The van der Waals surface area contributed by atoms with Gasteiger partial charge in [-0.15, -0.1) is 0 Å². The lowest BCUT2D eigenvalue weighted by Gasteiger charge is -2.24. The Labute approximate surface area is 144 Å². The molecule has 0 aliphatic carbocycles. The van der Waals surface area contributed by atoms with Crippen molar-refractivity contribution in [3.63, 3.8) is 0 Å². The lowest BCUT2D eigenvalue weighted by atomic mass is 10.1. The Morgan fingerprint density at radius 3 is 2.00 bits per heavy atom. The van der Waals surface area contributed by atoms with Crippen LogP contribution in [0.2, 0.25) is 0 Å². The Balaban J connectivity index is 3.60. The van der Waals surface area contributed by atoms with E-state index in [2.05, 4.69) is 33.8 Å². The molecule has 23 heavy (non-hydrogen) atoms. The zero-order valence-corrected chi connectivity index (χ0v) is 16.0. The first-order valence-corrected chi connectivity index (χ1v) is 9.62. The van der Waals surface area contributed by atoms with Gasteiger partial charge in [0.05, 0.1) is 24.4 Å². The van der Waals surface area contributed by atoms with Crippen molar-refractivity contribution < 1.29 is 9.47 Å². The van der Waals surface area contributed by atoms with Crippen molar-refractivity contribution in [3.8, 4) is 6.07 Å². The van der Waals surface area contributed by atoms with E-state index in [1.807, 2.05) is 0 Å². The molecule has 0 heterocycles. The number of nitrogens with zero attached hydrogens (tertiary/aromatic N) is 1. The molecule has 0 spiro atoms. The highest BCUT2D eigenvalue weighted by molar-refractivity contribution is 4.73. The first-order chi connectivity index (χ1) is 11.0. The molecule has 1 atom stereocenters. The molecule has 0 rings (SSSR count). The van der Waals surface area contributed by atoms with Gasteiger partial charge in [0.25, 0.3) is 0 Å². The van der Waals surface area contributed by atoms with Crippen LogP contribution in [0.5, 0.6) is 0 Å². The quantitative estimate of drug-likeness (QED) is 0.346. The maximum absolute atomic E-state index is 8.74. The summed E-state index contributed by atoms with van der Waals surface area (Å²) in [5.41, 5.74) is -0.147. The number of nitriles is 1. The fourth-order valence-electron chi connectivity index (χ4n) is 2.45. The summed E-state index contributed by atoms with van der Waals surface area (Å²) in [6.07, 6.45) is 13.3. The van der Waals surface area contributed by atoms with E-state index in [0.717, 1.165) is 19.4 Å². The Morgan fingerprint density at radius 1 is 0.913 bits per heavy atom. The van der Waals surface area contributed by atoms with E-state index in [1.54, 1.807) is 0 Å². The van der Waals surface area contributed by atoms with E-state index in [1.165, 1.54) is 51.4 Å². The van der Waals surface area contributed by atoms with Gasteiger partial charge in [-0.1, -0.05) is 58.3 Å². The molecular formula is C20H39NO2. The molecule has 3 heteroatoms. The van der Waals surface area contributed by atoms with Crippen LogP contribution in [-0.2, 0) is 9.47 Å². The molecule has 0 saturated heterocycles. The van der Waals surface area contributed by atoms with Crippen molar-refractivity contribution in [1.82, 2.24) is 0 Å². The largest absolute Gasteiger partial charge is 0.376 e. The van der Waals surface area contributed by atoms with Crippen LogP contribution >= 0.6 is 0 Å². The van der Waals surface area contributed by atoms with Gasteiger partial charge in [-0.3, -0.25) is 0 Å². The van der Waals surface area contributed by atoms with Gasteiger partial charge >= 0.3 is 0 Å². The highest BCUT2D eigenvalue weighted by atomic mass is 16.5. The Bertz CT molecular complexity index is 291. The average molecular weight is 326 g/mol. The highest BCUT2D eigenvalue weighted by Crippen LogP contribution is 2.13. The summed E-state index contributed by atoms with van der Waals surface area (Å²) in [6.45, 7) is 9.79. The second-order valence-corrected chi connectivity index (χ2v) is 7.44. The van der Waals surface area contributed by atoms with Crippen LogP contribution < -0.4 is 0 Å². The van der Waals surface area contributed by atoms with Gasteiger partial charge < -0.3 is 9.47 Å². The second-order valence-electron chi connectivity index (χ2n) is 7.44. The van der Waals surface area contributed by atoms with Crippen molar-refractivity contribution in [2.24, 2.45) is 0 Å². The van der Waals surface area contributed by atoms with Gasteiger partial charge in [-0.25, -0.2) is 0 Å². The van der Waals surface area contributed by atoms with Crippen molar-refractivity contribution in [1.29, 1.82) is 5.26 Å². The minimum Gasteiger partial charge on any atom is -0.376 e. The number of rotatable bonds is 15. The third-order valence-corrected chi connectivity index (χ3v) is 3.88. The van der Waals surface area contributed by atoms with Crippen LogP contribution in [0.15, 0.2) is 0 Å². The topological polar surface area (TPSA) is 42.2 Å². The van der Waals surface area contributed by atoms with Gasteiger partial charge in [-0.2, -0.15) is 5.26 Å². The van der Waals surface area contributed by atoms with Crippen LogP contribution in [0.3, 0.4) is 0 Å². The van der Waals surface area contributed by atoms with E-state index >= 15 is 0 Å². The van der Waals surface area contributed by atoms with E-state index in [-0.39, 0.29) is 11.7 Å². The molecule has 136 valence electrons. The molecule has 0 saturated carbocycles. The number of hydrogen-bond donors (Lipinski definition) is 0. The maximum atomic E-state index is 8.74. The number of hydrogen-bond acceptors (Lipinski definition) is 3. The normalized spacial score (nSPS) is 13.0. The van der Waals surface area contributed by atoms with Crippen LogP contribution in [0.25, 0.3) is 0 Å². The molecule has 1 unspecified atom stereocenters. The molecule has 0 amide bonds. The zero-order chi connectivity index (χ0) is 17.4. The summed E-state index contributed by atoms with van der Waals surface area (Å²) >= 11 is 0. The van der Waals surface area contributed by atoms with Crippen LogP contribution in [-0.4, -0.2) is 24.9 Å². The standard InChI is InChI=1S/C20H39NO2/c1-5-6-7-8-9-10-11-12-13-17-22-19(15-14-16-21)18-23-20(2,3)4/h19H,5-15,17-18H2,1-4H3. The Kier molecular flexibility index (Phi) is 14.6. The summed E-state index contributed by atoms with van der Waals surface area (Å²) in [7, 11) is 0. The number of unbranched alkanes of at least 4 members (excludes halogenated alkanes) is 8. The Hall–Kier alpha value is -0.590. The Morgan fingerprint density at radius 2 is 1.48 bits per heavy atom. The second kappa shape index (κ2) is 15.0. The maximum Gasteiger partial charge on any atom is 0.0818 e. The highest BCUT2D eigenvalue weighted by Gasteiger charge is 2.15. The molecule has 0 aliphatic heterocycles. The predicted octanol–water partition coefficient (Wildman–Crippen LogP) is 6.02. The third kappa shape index (κ3) is 17.6. The smallest absolute Gasteiger partial charge is 0.0818 e. The fourth-order valence-corrected chi connectivity index (χ4v) is 2.45. The van der Waals surface area contributed by atoms with Gasteiger partial charge in [0.15, 0.2) is 0 Å². The molecular weight excluding hydrogens is 286 g/mol. The summed E-state index contributed by atoms with van der Waals surface area (Å²) in [5, 5.41) is 8.74. The van der Waals surface area contributed by atoms with Crippen LogP contribution in [0, 0.1) is 11.3 Å². The van der Waals surface area contributed by atoms with Gasteiger partial charge in [0.2, 0.25) is 0 Å². The first-order valence-electron chi connectivity index (χ1n) is 9.62. The molecule has 0 aromatic rings. The van der Waals surface area contributed by atoms with Gasteiger partial charge in [-0.05, 0) is 33.6 Å². The fraction of sp³-hybridized carbons (Fsp3) is 0.950. The lowest BCUT2D eigenvalue weighted by Crippen LogP contribution is -2.28. The average Bonchev–Trinajstić information content (AvgIpc) is 2.50. The van der Waals surface area contributed by atoms with E-state index < -0.39 is 0 Å². The zero-order valence-electron chi connectivity index (χ0n) is 16.0. The van der Waals surface area contributed by atoms with E-state index in [0.29, 0.717) is 13.0 Å². The minimum atomic E-state index is -0.147. The van der Waals surface area contributed by atoms with Crippen molar-refractivity contribution in [2.75, 3.05) is 13.2 Å². The SMILES string of the molecule is CCCCCCCCCCCOC(CCC#N)COC(C)(C)C. The van der Waals surface area contributed by atoms with E-state index in [9.17, 15) is 0 Å². The van der Waals surface area contributed by atoms with Crippen molar-refractivity contribution in [3.05, 3.63) is 0 Å². The van der Waals surface area contributed by atoms with Gasteiger partial charge in [0.1, 0.15) is 0 Å². The summed E-state index contributed by atoms with van der Waals surface area (Å²) in [4.78, 5) is 0. The predicted molar refractivity (Wildman–Crippen MR) is 97.5 cm³/mol. The van der Waals surface area contributed by atoms with E-state index in [4.69, 9.17) is 14.7 Å². The molecule has 0 aromatic carbocycles. The molecule has 0 N–H and O–H groups in total. The molecule has 0 aliphatic rings. The molecule has 0 bridgehead atoms. The van der Waals surface area contributed by atoms with Gasteiger partial charge in [0, 0.05) is 13.0 Å². The van der Waals surface area contributed by atoms with Crippen molar-refractivity contribution >= 4 is 0 Å². The summed E-state index contributed by atoms with van der Waals surface area (Å²) < 4.78 is 11.7. The minimum absolute atomic E-state index is 0.0583. The molecule has 0 fully saturated rings. The monoisotopic (exact) mass is 325 g/mol. The number of ether oxygens (including phenoxy) is 2. The lowest BCUT2D eigenvalue weighted by molar-refractivity contribution is -0.0748. The summed E-state index contributed by atoms with van der Waals surface area (Å²) in [5.74, 6) is 0. The molecule has 0 aromatic heterocycles. The van der Waals surface area contributed by atoms with Crippen LogP contribution in [0.1, 0.15) is 98.3 Å². The summed E-state index contributed by atoms with van der Waals surface area (Å²) in [6, 6.07) is 2.20. The van der Waals surface area contributed by atoms with Crippen LogP contribution in [0.4, 0.5) is 0 Å².